The highest BCUT2D eigenvalue weighted by Crippen LogP contribution is 2.50. The molecule has 0 N–H and O–H groups in total. The third-order valence-electron chi connectivity index (χ3n) is 4.12. The first-order chi connectivity index (χ1) is 6.80. The third-order valence-corrected chi connectivity index (χ3v) is 4.95. The van der Waals surface area contributed by atoms with Crippen molar-refractivity contribution in [3.05, 3.63) is 0 Å². The second-order valence-corrected chi connectivity index (χ2v) is 7.74. The summed E-state index contributed by atoms with van der Waals surface area (Å²) in [4.78, 5) is 0.752. The Kier molecular flexibility index (Phi) is 2.96. The Balaban J connectivity index is 2.09. The minimum Gasteiger partial charge on any atom is -0.369 e. The predicted molar refractivity (Wildman–Crippen MR) is 67.4 cm³/mol. The van der Waals surface area contributed by atoms with Gasteiger partial charge in [-0.3, -0.25) is 0 Å². The van der Waals surface area contributed by atoms with Gasteiger partial charge in [0.05, 0.1) is 11.2 Å². The van der Waals surface area contributed by atoms with Gasteiger partial charge < -0.3 is 4.74 Å². The highest BCUT2D eigenvalue weighted by atomic mass is 79.9. The van der Waals surface area contributed by atoms with Gasteiger partial charge in [-0.1, -0.05) is 15.9 Å². The molecule has 0 spiro atoms. The molecule has 2 fully saturated rings. The molecule has 1 saturated heterocycles. The summed E-state index contributed by atoms with van der Waals surface area (Å²) in [5, 5.41) is 0. The van der Waals surface area contributed by atoms with Gasteiger partial charge in [-0.05, 0) is 65.2 Å². The minimum absolute atomic E-state index is 0.0746. The van der Waals surface area contributed by atoms with Crippen LogP contribution in [-0.4, -0.2) is 16.0 Å². The van der Waals surface area contributed by atoms with Crippen LogP contribution in [0.3, 0.4) is 0 Å². The van der Waals surface area contributed by atoms with Gasteiger partial charge in [0.2, 0.25) is 0 Å². The van der Waals surface area contributed by atoms with Crippen molar-refractivity contribution in [2.45, 2.75) is 69.4 Å². The smallest absolute Gasteiger partial charge is 0.0665 e. The second-order valence-electron chi connectivity index (χ2n) is 6.45. The van der Waals surface area contributed by atoms with E-state index in [1.165, 1.54) is 25.7 Å². The summed E-state index contributed by atoms with van der Waals surface area (Å²) < 4.78 is 6.18. The van der Waals surface area contributed by atoms with E-state index in [9.17, 15) is 0 Å². The fourth-order valence-electron chi connectivity index (χ4n) is 3.66. The van der Waals surface area contributed by atoms with Crippen LogP contribution in [0.5, 0.6) is 0 Å². The van der Waals surface area contributed by atoms with Gasteiger partial charge in [0.1, 0.15) is 0 Å². The number of halogens is 1. The fraction of sp³-hybridized carbons (Fsp3) is 1.00. The van der Waals surface area contributed by atoms with Gasteiger partial charge in [0, 0.05) is 4.83 Å². The molecule has 3 unspecified atom stereocenters. The predicted octanol–water partition coefficient (Wildman–Crippen LogP) is 4.14. The maximum absolute atomic E-state index is 6.18. The van der Waals surface area contributed by atoms with Crippen molar-refractivity contribution in [2.24, 2.45) is 11.8 Å². The summed E-state index contributed by atoms with van der Waals surface area (Å²) in [7, 11) is 0. The molecule has 1 saturated carbocycles. The highest BCUT2D eigenvalue weighted by Gasteiger charge is 2.49. The Labute approximate surface area is 102 Å². The lowest BCUT2D eigenvalue weighted by Gasteiger charge is -2.31. The van der Waals surface area contributed by atoms with Crippen molar-refractivity contribution in [3.8, 4) is 0 Å². The van der Waals surface area contributed by atoms with E-state index in [0.717, 1.165) is 16.7 Å². The van der Waals surface area contributed by atoms with Crippen LogP contribution in [0.15, 0.2) is 0 Å². The lowest BCUT2D eigenvalue weighted by atomic mass is 9.77. The molecule has 2 aliphatic rings. The average Bonchev–Trinajstić information content (AvgIpc) is 2.52. The Morgan fingerprint density at radius 3 is 2.20 bits per heavy atom. The number of alkyl halides is 1. The number of rotatable bonds is 1. The number of hydrogen-bond acceptors (Lipinski definition) is 1. The molecular formula is C13H23BrO. The monoisotopic (exact) mass is 274 g/mol. The molecule has 2 heteroatoms. The molecule has 1 heterocycles. The molecule has 0 bridgehead atoms. The molecular weight excluding hydrogens is 252 g/mol. The Morgan fingerprint density at radius 1 is 1.13 bits per heavy atom. The zero-order valence-electron chi connectivity index (χ0n) is 10.3. The molecule has 1 nitrogen and oxygen atoms in total. The van der Waals surface area contributed by atoms with E-state index < -0.39 is 0 Å². The summed E-state index contributed by atoms with van der Waals surface area (Å²) >= 11 is 3.75. The van der Waals surface area contributed by atoms with Crippen molar-refractivity contribution in [1.82, 2.24) is 0 Å². The molecule has 3 atom stereocenters. The van der Waals surface area contributed by atoms with Gasteiger partial charge >= 0.3 is 0 Å². The van der Waals surface area contributed by atoms with E-state index >= 15 is 0 Å². The largest absolute Gasteiger partial charge is 0.369 e. The van der Waals surface area contributed by atoms with Crippen molar-refractivity contribution < 1.29 is 4.74 Å². The van der Waals surface area contributed by atoms with Gasteiger partial charge in [0.25, 0.3) is 0 Å². The maximum atomic E-state index is 6.18. The minimum atomic E-state index is 0.0746. The van der Waals surface area contributed by atoms with Crippen LogP contribution in [-0.2, 0) is 4.74 Å². The normalized spacial score (nSPS) is 43.4. The quantitative estimate of drug-likeness (QED) is 0.653. The SMILES string of the molecule is CC1(C)CC(C2CCC(Br)C2)C(C)(C)O1. The lowest BCUT2D eigenvalue weighted by Crippen LogP contribution is -2.32. The summed E-state index contributed by atoms with van der Waals surface area (Å²) in [5.41, 5.74) is 0.157. The summed E-state index contributed by atoms with van der Waals surface area (Å²) in [6, 6.07) is 0. The molecule has 2 rings (SSSR count). The Morgan fingerprint density at radius 2 is 1.80 bits per heavy atom. The van der Waals surface area contributed by atoms with Crippen molar-refractivity contribution in [3.63, 3.8) is 0 Å². The molecule has 1 aliphatic heterocycles. The van der Waals surface area contributed by atoms with Crippen molar-refractivity contribution in [1.29, 1.82) is 0 Å². The molecule has 88 valence electrons. The van der Waals surface area contributed by atoms with Gasteiger partial charge in [-0.25, -0.2) is 0 Å². The summed E-state index contributed by atoms with van der Waals surface area (Å²) in [5.74, 6) is 1.61. The first-order valence-corrected chi connectivity index (χ1v) is 7.06. The Bertz CT molecular complexity index is 247. The molecule has 0 aromatic rings. The van der Waals surface area contributed by atoms with Gasteiger partial charge in [-0.15, -0.1) is 0 Å². The molecule has 1 aliphatic carbocycles. The van der Waals surface area contributed by atoms with E-state index in [4.69, 9.17) is 4.74 Å². The van der Waals surface area contributed by atoms with Gasteiger partial charge in [0.15, 0.2) is 0 Å². The summed E-state index contributed by atoms with van der Waals surface area (Å²) in [6.07, 6.45) is 5.29. The second kappa shape index (κ2) is 3.73. The highest BCUT2D eigenvalue weighted by molar-refractivity contribution is 9.09. The van der Waals surface area contributed by atoms with Crippen LogP contribution in [0.1, 0.15) is 53.4 Å². The average molecular weight is 275 g/mol. The van der Waals surface area contributed by atoms with E-state index in [2.05, 4.69) is 43.6 Å². The topological polar surface area (TPSA) is 9.23 Å². The molecule has 0 aromatic heterocycles. The zero-order valence-corrected chi connectivity index (χ0v) is 11.9. The van der Waals surface area contributed by atoms with E-state index in [1.54, 1.807) is 0 Å². The fourth-order valence-corrected chi connectivity index (χ4v) is 4.41. The van der Waals surface area contributed by atoms with E-state index in [-0.39, 0.29) is 11.2 Å². The zero-order chi connectivity index (χ0) is 11.3. The van der Waals surface area contributed by atoms with Crippen molar-refractivity contribution >= 4 is 15.9 Å². The maximum Gasteiger partial charge on any atom is 0.0665 e. The lowest BCUT2D eigenvalue weighted by molar-refractivity contribution is -0.0797. The van der Waals surface area contributed by atoms with E-state index in [1.807, 2.05) is 0 Å². The first kappa shape index (κ1) is 11.9. The number of ether oxygens (including phenoxy) is 1. The molecule has 0 aromatic carbocycles. The van der Waals surface area contributed by atoms with Crippen LogP contribution in [0, 0.1) is 11.8 Å². The van der Waals surface area contributed by atoms with Crippen molar-refractivity contribution in [2.75, 3.05) is 0 Å². The first-order valence-electron chi connectivity index (χ1n) is 6.14. The van der Waals surface area contributed by atoms with Gasteiger partial charge in [-0.2, -0.15) is 0 Å². The van der Waals surface area contributed by atoms with Crippen LogP contribution in [0.2, 0.25) is 0 Å². The van der Waals surface area contributed by atoms with E-state index in [0.29, 0.717) is 0 Å². The molecule has 0 amide bonds. The van der Waals surface area contributed by atoms with Crippen LogP contribution >= 0.6 is 15.9 Å². The number of hydrogen-bond donors (Lipinski definition) is 0. The third kappa shape index (κ3) is 2.41. The Hall–Kier alpha value is 0.440. The van der Waals surface area contributed by atoms with Crippen LogP contribution < -0.4 is 0 Å². The standard InChI is InChI=1S/C13H23BrO/c1-12(2)8-11(13(3,4)15-12)9-5-6-10(14)7-9/h9-11H,5-8H2,1-4H3. The molecule has 15 heavy (non-hydrogen) atoms. The summed E-state index contributed by atoms with van der Waals surface area (Å²) in [6.45, 7) is 9.01. The molecule has 0 radical (unpaired) electrons. The van der Waals surface area contributed by atoms with Crippen LogP contribution in [0.25, 0.3) is 0 Å². The van der Waals surface area contributed by atoms with Crippen LogP contribution in [0.4, 0.5) is 0 Å².